The van der Waals surface area contributed by atoms with Crippen molar-refractivity contribution < 1.29 is 4.79 Å². The molecule has 90 valence electrons. The van der Waals surface area contributed by atoms with Crippen LogP contribution in [0.3, 0.4) is 0 Å². The van der Waals surface area contributed by atoms with Gasteiger partial charge in [-0.1, -0.05) is 20.3 Å². The van der Waals surface area contributed by atoms with Gasteiger partial charge in [0.15, 0.2) is 0 Å². The zero-order valence-electron chi connectivity index (χ0n) is 10.3. The zero-order valence-corrected chi connectivity index (χ0v) is 10.3. The molecule has 2 fully saturated rings. The molecule has 0 aromatic heterocycles. The summed E-state index contributed by atoms with van der Waals surface area (Å²) in [5, 5.41) is 4.10. The van der Waals surface area contributed by atoms with Crippen LogP contribution in [-0.2, 0) is 4.79 Å². The van der Waals surface area contributed by atoms with Crippen molar-refractivity contribution >= 4 is 12.1 Å². The maximum absolute atomic E-state index is 11.4. The van der Waals surface area contributed by atoms with Gasteiger partial charge in [-0.2, -0.15) is 5.10 Å². The lowest BCUT2D eigenvalue weighted by Crippen LogP contribution is -2.21. The Hall–Kier alpha value is -0.860. The van der Waals surface area contributed by atoms with E-state index in [1.54, 1.807) is 0 Å². The van der Waals surface area contributed by atoms with Crippen LogP contribution in [0.4, 0.5) is 0 Å². The predicted octanol–water partition coefficient (Wildman–Crippen LogP) is 2.57. The molecule has 0 spiro atoms. The molecule has 1 amide bonds. The minimum absolute atomic E-state index is 0.0365. The van der Waals surface area contributed by atoms with Gasteiger partial charge in [0.1, 0.15) is 0 Å². The molecular formula is C13H22N2O. The first-order chi connectivity index (χ1) is 7.65. The zero-order chi connectivity index (χ0) is 11.5. The molecule has 2 aliphatic carbocycles. The lowest BCUT2D eigenvalue weighted by molar-refractivity contribution is -0.121. The van der Waals surface area contributed by atoms with Crippen LogP contribution in [0, 0.1) is 23.7 Å². The second-order valence-corrected chi connectivity index (χ2v) is 5.75. The summed E-state index contributed by atoms with van der Waals surface area (Å²) < 4.78 is 0. The van der Waals surface area contributed by atoms with E-state index in [1.165, 1.54) is 25.7 Å². The second-order valence-electron chi connectivity index (χ2n) is 5.75. The van der Waals surface area contributed by atoms with Crippen molar-refractivity contribution in [2.45, 2.75) is 46.0 Å². The van der Waals surface area contributed by atoms with E-state index < -0.39 is 0 Å². The van der Waals surface area contributed by atoms with E-state index in [1.807, 2.05) is 20.1 Å². The normalized spacial score (nSPS) is 32.8. The molecule has 0 heterocycles. The van der Waals surface area contributed by atoms with Crippen LogP contribution in [0.2, 0.25) is 0 Å². The molecule has 2 saturated carbocycles. The third-order valence-electron chi connectivity index (χ3n) is 3.84. The number of hydrazone groups is 1. The topological polar surface area (TPSA) is 41.5 Å². The smallest absolute Gasteiger partial charge is 0.240 e. The molecule has 3 atom stereocenters. The molecule has 1 N–H and O–H groups in total. The molecule has 2 aliphatic rings. The summed E-state index contributed by atoms with van der Waals surface area (Å²) in [4.78, 5) is 11.4. The number of carbonyl (C=O) groups excluding carboxylic acids is 1. The first-order valence-electron chi connectivity index (χ1n) is 6.47. The molecule has 0 radical (unpaired) electrons. The number of hydrogen-bond donors (Lipinski definition) is 1. The lowest BCUT2D eigenvalue weighted by atomic mass is 9.90. The Morgan fingerprint density at radius 1 is 1.44 bits per heavy atom. The molecule has 3 nitrogen and oxygen atoms in total. The quantitative estimate of drug-likeness (QED) is 0.576. The highest BCUT2D eigenvalue weighted by Crippen LogP contribution is 2.47. The lowest BCUT2D eigenvalue weighted by Gasteiger charge is -2.16. The van der Waals surface area contributed by atoms with Crippen LogP contribution in [0.15, 0.2) is 5.10 Å². The maximum Gasteiger partial charge on any atom is 0.240 e. The Morgan fingerprint density at radius 2 is 2.25 bits per heavy atom. The van der Waals surface area contributed by atoms with E-state index in [0.717, 1.165) is 11.8 Å². The molecular weight excluding hydrogens is 200 g/mol. The highest BCUT2D eigenvalue weighted by atomic mass is 16.2. The van der Waals surface area contributed by atoms with Crippen LogP contribution in [0.5, 0.6) is 0 Å². The molecule has 3 unspecified atom stereocenters. The van der Waals surface area contributed by atoms with Crippen molar-refractivity contribution in [1.82, 2.24) is 5.43 Å². The van der Waals surface area contributed by atoms with Gasteiger partial charge in [0.2, 0.25) is 5.91 Å². The van der Waals surface area contributed by atoms with Gasteiger partial charge in [-0.15, -0.1) is 0 Å². The Labute approximate surface area is 97.7 Å². The highest BCUT2D eigenvalue weighted by Gasteiger charge is 2.38. The number of nitrogens with one attached hydrogen (secondary N) is 1. The molecule has 2 rings (SSSR count). The van der Waals surface area contributed by atoms with Crippen LogP contribution in [0.1, 0.15) is 46.0 Å². The minimum Gasteiger partial charge on any atom is -0.273 e. The van der Waals surface area contributed by atoms with Gasteiger partial charge in [-0.3, -0.25) is 4.79 Å². The van der Waals surface area contributed by atoms with E-state index >= 15 is 0 Å². The molecule has 0 aromatic carbocycles. The Kier molecular flexibility index (Phi) is 3.62. The van der Waals surface area contributed by atoms with Crippen molar-refractivity contribution in [2.24, 2.45) is 28.8 Å². The average Bonchev–Trinajstić information content (AvgIpc) is 2.77. The SMILES string of the molecule is CC(C)CC(=O)NN=CC1CC2CCC1C2. The third-order valence-corrected chi connectivity index (χ3v) is 3.84. The summed E-state index contributed by atoms with van der Waals surface area (Å²) in [7, 11) is 0. The fourth-order valence-electron chi connectivity index (χ4n) is 3.10. The largest absolute Gasteiger partial charge is 0.273 e. The van der Waals surface area contributed by atoms with Crippen molar-refractivity contribution in [1.29, 1.82) is 0 Å². The Balaban J connectivity index is 1.71. The Bertz CT molecular complexity index is 286. The van der Waals surface area contributed by atoms with Gasteiger partial charge in [-0.25, -0.2) is 5.43 Å². The number of amides is 1. The van der Waals surface area contributed by atoms with Crippen LogP contribution < -0.4 is 5.43 Å². The summed E-state index contributed by atoms with van der Waals surface area (Å²) in [6.45, 7) is 4.08. The van der Waals surface area contributed by atoms with Gasteiger partial charge in [0.25, 0.3) is 0 Å². The molecule has 0 aromatic rings. The summed E-state index contributed by atoms with van der Waals surface area (Å²) >= 11 is 0. The van der Waals surface area contributed by atoms with Crippen molar-refractivity contribution in [3.05, 3.63) is 0 Å². The number of fused-ring (bicyclic) bond motifs is 2. The molecule has 3 heteroatoms. The second kappa shape index (κ2) is 4.98. The summed E-state index contributed by atoms with van der Waals surface area (Å²) in [6, 6.07) is 0. The minimum atomic E-state index is 0.0365. The van der Waals surface area contributed by atoms with Gasteiger partial charge >= 0.3 is 0 Å². The number of rotatable bonds is 4. The van der Waals surface area contributed by atoms with Crippen molar-refractivity contribution in [3.8, 4) is 0 Å². The van der Waals surface area contributed by atoms with E-state index in [-0.39, 0.29) is 5.91 Å². The van der Waals surface area contributed by atoms with E-state index in [9.17, 15) is 4.79 Å². The highest BCUT2D eigenvalue weighted by molar-refractivity contribution is 5.77. The average molecular weight is 222 g/mol. The molecule has 0 aliphatic heterocycles. The van der Waals surface area contributed by atoms with Gasteiger partial charge < -0.3 is 0 Å². The van der Waals surface area contributed by atoms with E-state index in [2.05, 4.69) is 10.5 Å². The van der Waals surface area contributed by atoms with Crippen LogP contribution >= 0.6 is 0 Å². The van der Waals surface area contributed by atoms with Crippen molar-refractivity contribution in [2.75, 3.05) is 0 Å². The first-order valence-corrected chi connectivity index (χ1v) is 6.47. The summed E-state index contributed by atoms with van der Waals surface area (Å²) in [5.74, 6) is 2.84. The van der Waals surface area contributed by atoms with Crippen LogP contribution in [-0.4, -0.2) is 12.1 Å². The van der Waals surface area contributed by atoms with Crippen molar-refractivity contribution in [3.63, 3.8) is 0 Å². The van der Waals surface area contributed by atoms with E-state index in [4.69, 9.17) is 0 Å². The van der Waals surface area contributed by atoms with Gasteiger partial charge in [0, 0.05) is 12.6 Å². The summed E-state index contributed by atoms with van der Waals surface area (Å²) in [6.07, 6.45) is 7.98. The number of carbonyl (C=O) groups is 1. The molecule has 16 heavy (non-hydrogen) atoms. The molecule has 2 bridgehead atoms. The van der Waals surface area contributed by atoms with E-state index in [0.29, 0.717) is 18.3 Å². The molecule has 0 saturated heterocycles. The fourth-order valence-corrected chi connectivity index (χ4v) is 3.10. The monoisotopic (exact) mass is 222 g/mol. The number of nitrogens with zero attached hydrogens (tertiary/aromatic N) is 1. The van der Waals surface area contributed by atoms with Gasteiger partial charge in [0.05, 0.1) is 0 Å². The predicted molar refractivity (Wildman–Crippen MR) is 65.0 cm³/mol. The van der Waals surface area contributed by atoms with Crippen LogP contribution in [0.25, 0.3) is 0 Å². The third kappa shape index (κ3) is 2.83. The van der Waals surface area contributed by atoms with Gasteiger partial charge in [-0.05, 0) is 42.9 Å². The maximum atomic E-state index is 11.4. The first kappa shape index (κ1) is 11.6. The fraction of sp³-hybridized carbons (Fsp3) is 0.846. The Morgan fingerprint density at radius 3 is 2.81 bits per heavy atom. The number of hydrogen-bond acceptors (Lipinski definition) is 2. The standard InChI is InChI=1S/C13H22N2O/c1-9(2)5-13(16)15-14-8-12-7-10-3-4-11(12)6-10/h8-12H,3-7H2,1-2H3,(H,15,16). The summed E-state index contributed by atoms with van der Waals surface area (Å²) in [5.41, 5.74) is 2.63.